The lowest BCUT2D eigenvalue weighted by atomic mass is 9.35. The van der Waals surface area contributed by atoms with Crippen LogP contribution in [0.25, 0.3) is 10.8 Å². The molecule has 6 fully saturated rings. The van der Waals surface area contributed by atoms with Crippen molar-refractivity contribution in [2.75, 3.05) is 32.1 Å². The summed E-state index contributed by atoms with van der Waals surface area (Å²) in [6.07, 6.45) is -1.34. The third-order valence-corrected chi connectivity index (χ3v) is 14.0. The minimum Gasteiger partial charge on any atom is -0.392 e. The van der Waals surface area contributed by atoms with E-state index in [0.29, 0.717) is 31.1 Å². The number of sulfonamides is 1. The molecule has 0 unspecified atom stereocenters. The van der Waals surface area contributed by atoms with E-state index in [1.54, 1.807) is 18.2 Å². The Hall–Kier alpha value is -2.12. The van der Waals surface area contributed by atoms with Gasteiger partial charge in [0, 0.05) is 54.4 Å². The zero-order valence-electron chi connectivity index (χ0n) is 25.7. The van der Waals surface area contributed by atoms with Crippen molar-refractivity contribution in [1.82, 2.24) is 4.72 Å². The number of fused-ring (bicyclic) bond motifs is 3. The molecule has 2 spiro atoms. The largest absolute Gasteiger partial charge is 0.392 e. The Bertz CT molecular complexity index is 1630. The number of nitrogens with zero attached hydrogens (tertiary/aromatic N) is 1. The quantitative estimate of drug-likeness (QED) is 0.323. The highest BCUT2D eigenvalue weighted by Gasteiger charge is 2.87. The van der Waals surface area contributed by atoms with Crippen LogP contribution in [0, 0.1) is 39.9 Å². The summed E-state index contributed by atoms with van der Waals surface area (Å²) >= 11 is 0. The smallest absolute Gasteiger partial charge is 0.241 e. The number of nitrogens with one attached hydrogen (secondary N) is 1. The van der Waals surface area contributed by atoms with Crippen molar-refractivity contribution in [3.63, 3.8) is 0 Å². The van der Waals surface area contributed by atoms with Gasteiger partial charge in [-0.1, -0.05) is 38.1 Å². The van der Waals surface area contributed by atoms with E-state index < -0.39 is 79.8 Å². The van der Waals surface area contributed by atoms with Crippen LogP contribution in [0.3, 0.4) is 0 Å². The fourth-order valence-corrected chi connectivity index (χ4v) is 12.0. The Morgan fingerprint density at radius 2 is 1.70 bits per heavy atom. The third kappa shape index (κ3) is 3.57. The number of hydrogen-bond acceptors (Lipinski definition) is 9. The molecule has 8 rings (SSSR count). The number of aliphatic hydroxyl groups excluding tert-OH is 3. The van der Waals surface area contributed by atoms with E-state index in [1.807, 2.05) is 51.0 Å². The summed E-state index contributed by atoms with van der Waals surface area (Å²) in [5, 5.41) is 48.8. The van der Waals surface area contributed by atoms with Crippen LogP contribution in [0.5, 0.6) is 0 Å². The topological polar surface area (TPSA) is 157 Å². The second-order valence-corrected chi connectivity index (χ2v) is 16.6. The molecular weight excluding hydrogens is 584 g/mol. The van der Waals surface area contributed by atoms with Crippen molar-refractivity contribution in [3.05, 3.63) is 36.4 Å². The van der Waals surface area contributed by atoms with Gasteiger partial charge in [-0.3, -0.25) is 4.79 Å². The summed E-state index contributed by atoms with van der Waals surface area (Å²) in [4.78, 5) is 16.6. The molecule has 2 saturated heterocycles. The molecule has 44 heavy (non-hydrogen) atoms. The Morgan fingerprint density at radius 1 is 1.00 bits per heavy atom. The number of ketones is 1. The lowest BCUT2D eigenvalue weighted by Crippen LogP contribution is -2.85. The molecule has 0 amide bonds. The van der Waals surface area contributed by atoms with E-state index in [2.05, 4.69) is 4.72 Å². The fourth-order valence-electron chi connectivity index (χ4n) is 10.8. The van der Waals surface area contributed by atoms with Gasteiger partial charge < -0.3 is 30.1 Å². The van der Waals surface area contributed by atoms with Crippen LogP contribution >= 0.6 is 0 Å². The van der Waals surface area contributed by atoms with Gasteiger partial charge in [-0.15, -0.1) is 0 Å². The number of carbonyl (C=O) groups excluding carboxylic acids is 1. The van der Waals surface area contributed by atoms with Gasteiger partial charge in [-0.2, -0.15) is 0 Å². The number of rotatable bonds is 6. The summed E-state index contributed by atoms with van der Waals surface area (Å²) in [6, 6.07) is 10.7. The molecule has 10 nitrogen and oxygen atoms in total. The minimum atomic E-state index is -3.95. The molecule has 4 aliphatic carbocycles. The normalized spacial score (nSPS) is 42.3. The molecule has 240 valence electrons. The first kappa shape index (κ1) is 30.5. The SMILES string of the molecule is CN(C)c1cccc2c(S(=O)(=O)NCC[C@@H]3C(=O)[C@]45[C@H](O)[C@H]3CC[C@H]4[C@@]34CO[C@]5(O)[C@@H](O)[C@@H]3C(C)(C)CC[C@@H]4O)cccc12. The van der Waals surface area contributed by atoms with Crippen molar-refractivity contribution in [3.8, 4) is 0 Å². The van der Waals surface area contributed by atoms with Crippen LogP contribution in [0.1, 0.15) is 46.0 Å². The number of ether oxygens (including phenoxy) is 1. The van der Waals surface area contributed by atoms with Gasteiger partial charge >= 0.3 is 0 Å². The number of anilines is 1. The molecule has 11 heteroatoms. The van der Waals surface area contributed by atoms with Gasteiger partial charge in [0.1, 0.15) is 11.5 Å². The van der Waals surface area contributed by atoms with Gasteiger partial charge in [0.2, 0.25) is 15.8 Å². The van der Waals surface area contributed by atoms with Crippen molar-refractivity contribution >= 4 is 32.3 Å². The molecular formula is C33H44N2O8S. The maximum atomic E-state index is 14.6. The van der Waals surface area contributed by atoms with Crippen LogP contribution < -0.4 is 9.62 Å². The average molecular weight is 629 g/mol. The number of carbonyl (C=O) groups is 1. The highest BCUT2D eigenvalue weighted by Crippen LogP contribution is 2.76. The third-order valence-electron chi connectivity index (χ3n) is 12.5. The van der Waals surface area contributed by atoms with Crippen LogP contribution in [0.2, 0.25) is 0 Å². The van der Waals surface area contributed by atoms with Gasteiger partial charge in [0.25, 0.3) is 0 Å². The summed E-state index contributed by atoms with van der Waals surface area (Å²) in [5.41, 5.74) is -2.30. The number of aliphatic hydroxyl groups is 4. The van der Waals surface area contributed by atoms with Crippen LogP contribution in [-0.2, 0) is 19.6 Å². The zero-order valence-corrected chi connectivity index (χ0v) is 26.5. The zero-order chi connectivity index (χ0) is 31.6. The predicted octanol–water partition coefficient (Wildman–Crippen LogP) is 2.02. The minimum absolute atomic E-state index is 0.0118. The lowest BCUT2D eigenvalue weighted by molar-refractivity contribution is -0.458. The van der Waals surface area contributed by atoms with E-state index in [-0.39, 0.29) is 24.5 Å². The van der Waals surface area contributed by atoms with Crippen molar-refractivity contribution < 1.29 is 38.4 Å². The Labute approximate surface area is 258 Å². The molecule has 4 bridgehead atoms. The Kier molecular flexibility index (Phi) is 6.73. The maximum absolute atomic E-state index is 14.6. The molecule has 10 atom stereocenters. The van der Waals surface area contributed by atoms with Crippen molar-refractivity contribution in [1.29, 1.82) is 0 Å². The Balaban J connectivity index is 1.19. The summed E-state index contributed by atoms with van der Waals surface area (Å²) < 4.78 is 35.8. The predicted molar refractivity (Wildman–Crippen MR) is 163 cm³/mol. The lowest BCUT2D eigenvalue weighted by Gasteiger charge is -2.74. The van der Waals surface area contributed by atoms with Crippen molar-refractivity contribution in [2.24, 2.45) is 39.9 Å². The van der Waals surface area contributed by atoms with E-state index in [0.717, 1.165) is 11.1 Å². The second kappa shape index (κ2) is 9.70. The maximum Gasteiger partial charge on any atom is 0.241 e. The first-order chi connectivity index (χ1) is 20.7. The van der Waals surface area contributed by atoms with E-state index in [9.17, 15) is 33.6 Å². The van der Waals surface area contributed by atoms with Gasteiger partial charge in [0.05, 0.1) is 23.7 Å². The summed E-state index contributed by atoms with van der Waals surface area (Å²) in [7, 11) is -0.158. The van der Waals surface area contributed by atoms with Crippen LogP contribution in [0.15, 0.2) is 41.3 Å². The van der Waals surface area contributed by atoms with E-state index >= 15 is 0 Å². The van der Waals surface area contributed by atoms with Crippen molar-refractivity contribution in [2.45, 2.75) is 74.9 Å². The average Bonchev–Trinajstić information content (AvgIpc) is 3.08. The van der Waals surface area contributed by atoms with Gasteiger partial charge in [-0.05, 0) is 61.5 Å². The van der Waals surface area contributed by atoms with E-state index in [4.69, 9.17) is 4.74 Å². The number of Topliss-reactive ketones (excluding diaryl/α,β-unsaturated/α-hetero) is 1. The molecule has 4 saturated carbocycles. The molecule has 2 aromatic carbocycles. The standard InChI is InChI=1S/C33H44N2O8S/c1-30(2)15-13-25(36)31-17-43-33(40,29(39)26(30)31)32-24(31)12-11-20(27(32)37)21(28(32)38)14-16-34-44(41,42)23-10-6-7-18-19(23)8-5-9-22(18)35(3)4/h5-10,20-21,24-27,29,34,36-37,39-40H,11-17H2,1-4H3/t20-,21-,24-,25-,26+,27+,29-,31+,32+,33+/m0/s1. The van der Waals surface area contributed by atoms with Crippen LogP contribution in [0.4, 0.5) is 5.69 Å². The molecule has 6 aliphatic rings. The monoisotopic (exact) mass is 628 g/mol. The van der Waals surface area contributed by atoms with Gasteiger partial charge in [-0.25, -0.2) is 13.1 Å². The molecule has 2 aromatic rings. The second-order valence-electron chi connectivity index (χ2n) is 14.9. The Morgan fingerprint density at radius 3 is 2.43 bits per heavy atom. The molecule has 5 N–H and O–H groups in total. The highest BCUT2D eigenvalue weighted by molar-refractivity contribution is 7.89. The first-order valence-corrected chi connectivity index (χ1v) is 17.3. The summed E-state index contributed by atoms with van der Waals surface area (Å²) in [5.74, 6) is -5.04. The van der Waals surface area contributed by atoms with E-state index in [1.165, 1.54) is 0 Å². The fraction of sp³-hybridized carbons (Fsp3) is 0.667. The summed E-state index contributed by atoms with van der Waals surface area (Å²) in [6.45, 7) is 4.02. The first-order valence-electron chi connectivity index (χ1n) is 15.8. The van der Waals surface area contributed by atoms with Gasteiger partial charge in [0.15, 0.2) is 5.78 Å². The molecule has 2 heterocycles. The molecule has 0 aromatic heterocycles. The molecule has 2 aliphatic heterocycles. The van der Waals surface area contributed by atoms with Crippen LogP contribution in [-0.4, -0.2) is 86.0 Å². The molecule has 0 radical (unpaired) electrons. The number of benzene rings is 2. The highest BCUT2D eigenvalue weighted by atomic mass is 32.2. The number of hydrogen-bond donors (Lipinski definition) is 5.